The molecule has 1 aliphatic heterocycles. The molecule has 120 valence electrons. The fourth-order valence-corrected chi connectivity index (χ4v) is 2.46. The Balaban J connectivity index is 1.80. The highest BCUT2D eigenvalue weighted by atomic mass is 19.4. The van der Waals surface area contributed by atoms with Crippen LogP contribution in [0.3, 0.4) is 0 Å². The number of H-pyrrole nitrogens is 1. The summed E-state index contributed by atoms with van der Waals surface area (Å²) >= 11 is 0. The maximum atomic E-state index is 12.7. The van der Waals surface area contributed by atoms with Crippen LogP contribution in [0.2, 0.25) is 0 Å². The number of ether oxygens (including phenoxy) is 1. The number of nitrogens with zero attached hydrogens (tertiary/aromatic N) is 5. The van der Waals surface area contributed by atoms with E-state index >= 15 is 0 Å². The number of hydrogen-bond donors (Lipinski definition) is 1. The molecule has 10 heteroatoms. The van der Waals surface area contributed by atoms with Crippen molar-refractivity contribution >= 4 is 0 Å². The van der Waals surface area contributed by atoms with Gasteiger partial charge in [-0.05, 0) is 6.07 Å². The minimum absolute atomic E-state index is 0.166. The SMILES string of the molecule is Cn1nc(C(F)(F)F)cc1CN1CCOCC1c1ncn[nH]1. The summed E-state index contributed by atoms with van der Waals surface area (Å²) in [7, 11) is 1.51. The number of morpholine rings is 1. The first-order valence-electron chi connectivity index (χ1n) is 6.72. The highest BCUT2D eigenvalue weighted by molar-refractivity contribution is 5.13. The molecule has 0 bridgehead atoms. The predicted molar refractivity (Wildman–Crippen MR) is 68.6 cm³/mol. The maximum absolute atomic E-state index is 12.7. The number of halogens is 3. The summed E-state index contributed by atoms with van der Waals surface area (Å²) in [5.41, 5.74) is -0.395. The largest absolute Gasteiger partial charge is 0.435 e. The Hall–Kier alpha value is -1.94. The third-order valence-electron chi connectivity index (χ3n) is 3.62. The third kappa shape index (κ3) is 2.97. The van der Waals surface area contributed by atoms with E-state index in [1.807, 2.05) is 4.90 Å². The molecule has 1 N–H and O–H groups in total. The van der Waals surface area contributed by atoms with E-state index in [1.165, 1.54) is 18.1 Å². The van der Waals surface area contributed by atoms with E-state index in [0.717, 1.165) is 6.07 Å². The first-order chi connectivity index (χ1) is 10.4. The van der Waals surface area contributed by atoms with Crippen LogP contribution in [0.25, 0.3) is 0 Å². The number of aromatic amines is 1. The minimum atomic E-state index is -4.44. The number of aryl methyl sites for hydroxylation is 1. The number of alkyl halides is 3. The van der Waals surface area contributed by atoms with E-state index in [4.69, 9.17) is 4.74 Å². The van der Waals surface area contributed by atoms with E-state index < -0.39 is 11.9 Å². The molecule has 1 fully saturated rings. The molecule has 1 saturated heterocycles. The molecule has 0 spiro atoms. The monoisotopic (exact) mass is 316 g/mol. The Labute approximate surface area is 124 Å². The molecule has 0 radical (unpaired) electrons. The van der Waals surface area contributed by atoms with Gasteiger partial charge in [0.25, 0.3) is 0 Å². The number of aromatic nitrogens is 5. The van der Waals surface area contributed by atoms with E-state index in [-0.39, 0.29) is 6.04 Å². The van der Waals surface area contributed by atoms with Crippen molar-refractivity contribution in [2.24, 2.45) is 7.05 Å². The molecule has 3 heterocycles. The minimum Gasteiger partial charge on any atom is -0.378 e. The highest BCUT2D eigenvalue weighted by Crippen LogP contribution is 2.29. The van der Waals surface area contributed by atoms with Gasteiger partial charge >= 0.3 is 6.18 Å². The normalized spacial score (nSPS) is 20.5. The quantitative estimate of drug-likeness (QED) is 0.919. The molecule has 1 aliphatic rings. The van der Waals surface area contributed by atoms with Gasteiger partial charge in [0.05, 0.1) is 24.9 Å². The Bertz CT molecular complexity index is 623. The highest BCUT2D eigenvalue weighted by Gasteiger charge is 2.35. The lowest BCUT2D eigenvalue weighted by molar-refractivity contribution is -0.141. The zero-order valence-corrected chi connectivity index (χ0v) is 11.8. The second-order valence-corrected chi connectivity index (χ2v) is 5.07. The van der Waals surface area contributed by atoms with Gasteiger partial charge in [-0.1, -0.05) is 0 Å². The predicted octanol–water partition coefficient (Wildman–Crippen LogP) is 1.13. The summed E-state index contributed by atoms with van der Waals surface area (Å²) in [6.45, 7) is 1.86. The van der Waals surface area contributed by atoms with Crippen molar-refractivity contribution in [1.82, 2.24) is 29.9 Å². The molecule has 3 rings (SSSR count). The zero-order chi connectivity index (χ0) is 15.7. The molecule has 7 nitrogen and oxygen atoms in total. The van der Waals surface area contributed by atoms with Gasteiger partial charge in [0.15, 0.2) is 5.69 Å². The van der Waals surface area contributed by atoms with Crippen molar-refractivity contribution in [3.63, 3.8) is 0 Å². The molecule has 0 amide bonds. The molecule has 22 heavy (non-hydrogen) atoms. The molecule has 0 aliphatic carbocycles. The van der Waals surface area contributed by atoms with Crippen molar-refractivity contribution in [2.45, 2.75) is 18.8 Å². The fraction of sp³-hybridized carbons (Fsp3) is 0.583. The Morgan fingerprint density at radius 1 is 1.45 bits per heavy atom. The van der Waals surface area contributed by atoms with Crippen LogP contribution in [0, 0.1) is 0 Å². The van der Waals surface area contributed by atoms with Crippen molar-refractivity contribution in [2.75, 3.05) is 19.8 Å². The van der Waals surface area contributed by atoms with Crippen LogP contribution < -0.4 is 0 Å². The molecule has 2 aromatic heterocycles. The van der Waals surface area contributed by atoms with E-state index in [2.05, 4.69) is 20.3 Å². The van der Waals surface area contributed by atoms with Crippen LogP contribution in [0.15, 0.2) is 12.4 Å². The second-order valence-electron chi connectivity index (χ2n) is 5.07. The smallest absolute Gasteiger partial charge is 0.378 e. The lowest BCUT2D eigenvalue weighted by Gasteiger charge is -2.33. The molecular weight excluding hydrogens is 301 g/mol. The van der Waals surface area contributed by atoms with Gasteiger partial charge in [-0.3, -0.25) is 14.7 Å². The summed E-state index contributed by atoms with van der Waals surface area (Å²) in [6.07, 6.45) is -3.04. The van der Waals surface area contributed by atoms with Gasteiger partial charge in [-0.15, -0.1) is 0 Å². The number of nitrogens with one attached hydrogen (secondary N) is 1. The fourth-order valence-electron chi connectivity index (χ4n) is 2.46. The van der Waals surface area contributed by atoms with Crippen LogP contribution in [0.4, 0.5) is 13.2 Å². The van der Waals surface area contributed by atoms with Crippen molar-refractivity contribution < 1.29 is 17.9 Å². The molecule has 0 saturated carbocycles. The van der Waals surface area contributed by atoms with Crippen molar-refractivity contribution in [3.8, 4) is 0 Å². The standard InChI is InChI=1S/C12H15F3N6O/c1-20-8(4-10(19-20)12(13,14)15)5-21-2-3-22-6-9(21)11-16-7-17-18-11/h4,7,9H,2-3,5-6H2,1H3,(H,16,17,18). The van der Waals surface area contributed by atoms with Gasteiger partial charge in [0, 0.05) is 20.1 Å². The summed E-state index contributed by atoms with van der Waals surface area (Å²) in [5.74, 6) is 0.637. The molecule has 2 aromatic rings. The van der Waals surface area contributed by atoms with Gasteiger partial charge in [0.2, 0.25) is 0 Å². The Morgan fingerprint density at radius 3 is 2.91 bits per heavy atom. The zero-order valence-electron chi connectivity index (χ0n) is 11.8. The lowest BCUT2D eigenvalue weighted by atomic mass is 10.2. The molecule has 1 atom stereocenters. The van der Waals surface area contributed by atoms with E-state index in [1.54, 1.807) is 0 Å². The van der Waals surface area contributed by atoms with Gasteiger partial charge < -0.3 is 4.74 Å². The molecular formula is C12H15F3N6O. The average Bonchev–Trinajstić information content (AvgIpc) is 3.10. The van der Waals surface area contributed by atoms with Gasteiger partial charge in [-0.25, -0.2) is 4.98 Å². The molecule has 0 aromatic carbocycles. The summed E-state index contributed by atoms with van der Waals surface area (Å²) in [5, 5.41) is 10.1. The van der Waals surface area contributed by atoms with Crippen LogP contribution >= 0.6 is 0 Å². The first-order valence-corrected chi connectivity index (χ1v) is 6.72. The van der Waals surface area contributed by atoms with Crippen molar-refractivity contribution in [1.29, 1.82) is 0 Å². The first kappa shape index (κ1) is 15.0. The number of hydrogen-bond acceptors (Lipinski definition) is 5. The van der Waals surface area contributed by atoms with Crippen LogP contribution in [-0.4, -0.2) is 49.6 Å². The van der Waals surface area contributed by atoms with Crippen LogP contribution in [0.1, 0.15) is 23.3 Å². The second kappa shape index (κ2) is 5.69. The van der Waals surface area contributed by atoms with Crippen LogP contribution in [0.5, 0.6) is 0 Å². The van der Waals surface area contributed by atoms with E-state index in [0.29, 0.717) is 37.8 Å². The number of rotatable bonds is 3. The van der Waals surface area contributed by atoms with Gasteiger partial charge in [0.1, 0.15) is 12.2 Å². The summed E-state index contributed by atoms with van der Waals surface area (Å²) in [4.78, 5) is 6.11. The average molecular weight is 316 g/mol. The lowest BCUT2D eigenvalue weighted by Crippen LogP contribution is -2.39. The maximum Gasteiger partial charge on any atom is 0.435 e. The van der Waals surface area contributed by atoms with Gasteiger partial charge in [-0.2, -0.15) is 23.4 Å². The summed E-state index contributed by atoms with van der Waals surface area (Å²) < 4.78 is 44.9. The van der Waals surface area contributed by atoms with Crippen LogP contribution in [-0.2, 0) is 24.5 Å². The Morgan fingerprint density at radius 2 is 2.27 bits per heavy atom. The van der Waals surface area contributed by atoms with Crippen molar-refractivity contribution in [3.05, 3.63) is 29.6 Å². The summed E-state index contributed by atoms with van der Waals surface area (Å²) in [6, 6.07) is 0.910. The van der Waals surface area contributed by atoms with E-state index in [9.17, 15) is 13.2 Å². The topological polar surface area (TPSA) is 71.9 Å². The molecule has 1 unspecified atom stereocenters. The Kier molecular flexibility index (Phi) is 3.87. The third-order valence-corrected chi connectivity index (χ3v) is 3.62.